The quantitative estimate of drug-likeness (QED) is 0.636. The number of rotatable bonds is 8. The number of methoxy groups -OCH3 is 1. The fraction of sp³-hybridized carbons (Fsp3) is 0.381. The minimum atomic E-state index is -3.63. The van der Waals surface area contributed by atoms with Crippen molar-refractivity contribution < 1.29 is 17.9 Å². The van der Waals surface area contributed by atoms with Crippen LogP contribution >= 0.6 is 0 Å². The predicted octanol–water partition coefficient (Wildman–Crippen LogP) is 4.16. The van der Waals surface area contributed by atoms with Gasteiger partial charge in [0, 0.05) is 12.6 Å². The number of aryl methyl sites for hydroxylation is 1. The highest BCUT2D eigenvalue weighted by atomic mass is 32.2. The third-order valence-electron chi connectivity index (χ3n) is 4.69. The molecule has 2 rings (SSSR count). The van der Waals surface area contributed by atoms with Gasteiger partial charge in [0.2, 0.25) is 10.0 Å². The Morgan fingerprint density at radius 1 is 1.00 bits per heavy atom. The Kier molecular flexibility index (Phi) is 7.16. The number of carbonyl (C=O) groups is 1. The summed E-state index contributed by atoms with van der Waals surface area (Å²) >= 11 is 0. The molecule has 2 aromatic rings. The van der Waals surface area contributed by atoms with Crippen molar-refractivity contribution in [3.8, 4) is 0 Å². The van der Waals surface area contributed by atoms with E-state index in [2.05, 4.69) is 0 Å². The van der Waals surface area contributed by atoms with Crippen molar-refractivity contribution in [1.82, 2.24) is 4.31 Å². The van der Waals surface area contributed by atoms with E-state index in [9.17, 15) is 13.2 Å². The first-order valence-corrected chi connectivity index (χ1v) is 10.5. The molecule has 2 aromatic carbocycles. The molecule has 146 valence electrons. The van der Waals surface area contributed by atoms with Gasteiger partial charge in [-0.15, -0.1) is 0 Å². The lowest BCUT2D eigenvalue weighted by Gasteiger charge is -2.30. The van der Waals surface area contributed by atoms with Crippen LogP contribution in [-0.4, -0.2) is 31.8 Å². The van der Waals surface area contributed by atoms with Gasteiger partial charge in [0.05, 0.1) is 17.6 Å². The van der Waals surface area contributed by atoms with Crippen molar-refractivity contribution in [2.75, 3.05) is 7.11 Å². The van der Waals surface area contributed by atoms with E-state index in [1.165, 1.54) is 7.11 Å². The topological polar surface area (TPSA) is 63.7 Å². The van der Waals surface area contributed by atoms with E-state index in [-0.39, 0.29) is 12.6 Å². The van der Waals surface area contributed by atoms with Crippen LogP contribution in [0.2, 0.25) is 0 Å². The smallest absolute Gasteiger partial charge is 0.337 e. The Hall–Kier alpha value is -2.18. The third kappa shape index (κ3) is 4.96. The lowest BCUT2D eigenvalue weighted by Crippen LogP contribution is -2.39. The van der Waals surface area contributed by atoms with Gasteiger partial charge in [-0.25, -0.2) is 13.2 Å². The molecule has 0 bridgehead atoms. The second-order valence-electron chi connectivity index (χ2n) is 6.52. The fourth-order valence-corrected chi connectivity index (χ4v) is 4.76. The van der Waals surface area contributed by atoms with E-state index in [0.717, 1.165) is 24.0 Å². The number of nitrogens with zero attached hydrogens (tertiary/aromatic N) is 1. The predicted molar refractivity (Wildman–Crippen MR) is 106 cm³/mol. The molecule has 0 aromatic heterocycles. The Labute approximate surface area is 162 Å². The van der Waals surface area contributed by atoms with E-state index in [1.807, 2.05) is 32.9 Å². The zero-order valence-corrected chi connectivity index (χ0v) is 17.1. The van der Waals surface area contributed by atoms with Crippen LogP contribution in [0.1, 0.15) is 48.2 Å². The van der Waals surface area contributed by atoms with Crippen molar-refractivity contribution in [2.24, 2.45) is 0 Å². The lowest BCUT2D eigenvalue weighted by atomic mass is 10.1. The summed E-state index contributed by atoms with van der Waals surface area (Å²) in [4.78, 5) is 11.9. The van der Waals surface area contributed by atoms with Crippen LogP contribution < -0.4 is 0 Å². The molecule has 0 unspecified atom stereocenters. The first-order chi connectivity index (χ1) is 12.8. The summed E-state index contributed by atoms with van der Waals surface area (Å²) in [6.45, 7) is 6.17. The summed E-state index contributed by atoms with van der Waals surface area (Å²) in [5.41, 5.74) is 2.28. The molecule has 0 spiro atoms. The van der Waals surface area contributed by atoms with Crippen LogP contribution in [-0.2, 0) is 21.3 Å². The van der Waals surface area contributed by atoms with E-state index >= 15 is 0 Å². The molecule has 0 aliphatic rings. The molecule has 0 N–H and O–H groups in total. The van der Waals surface area contributed by atoms with Crippen LogP contribution in [0.15, 0.2) is 53.4 Å². The molecular weight excluding hydrogens is 362 g/mol. The number of ether oxygens (including phenoxy) is 1. The monoisotopic (exact) mass is 389 g/mol. The van der Waals surface area contributed by atoms with Crippen molar-refractivity contribution >= 4 is 16.0 Å². The first kappa shape index (κ1) is 21.1. The van der Waals surface area contributed by atoms with Crippen molar-refractivity contribution in [1.29, 1.82) is 0 Å². The van der Waals surface area contributed by atoms with E-state index in [0.29, 0.717) is 10.5 Å². The van der Waals surface area contributed by atoms with E-state index in [1.54, 1.807) is 40.7 Å². The second kappa shape index (κ2) is 9.15. The zero-order chi connectivity index (χ0) is 20.0. The van der Waals surface area contributed by atoms with Gasteiger partial charge in [0.25, 0.3) is 0 Å². The first-order valence-electron chi connectivity index (χ1n) is 9.09. The van der Waals surface area contributed by atoms with Crippen molar-refractivity contribution in [3.63, 3.8) is 0 Å². The van der Waals surface area contributed by atoms with Crippen LogP contribution in [0.3, 0.4) is 0 Å². The molecule has 0 saturated carbocycles. The highest BCUT2D eigenvalue weighted by Gasteiger charge is 2.29. The largest absolute Gasteiger partial charge is 0.465 e. The molecule has 6 heteroatoms. The highest BCUT2D eigenvalue weighted by molar-refractivity contribution is 7.89. The molecule has 0 aliphatic heterocycles. The number of carbonyl (C=O) groups excluding carboxylic acids is 1. The second-order valence-corrected chi connectivity index (χ2v) is 8.41. The molecule has 5 nitrogen and oxygen atoms in total. The van der Waals surface area contributed by atoms with Crippen LogP contribution in [0, 0.1) is 6.92 Å². The maximum absolute atomic E-state index is 13.3. The standard InChI is InChI=1S/C21H27NO4S/c1-5-19(6-2)22(27(24,25)20-13-7-16(3)8-14-20)15-17-9-11-18(12-10-17)21(23)26-4/h7-14,19H,5-6,15H2,1-4H3. The molecule has 27 heavy (non-hydrogen) atoms. The molecular formula is C21H27NO4S. The average Bonchev–Trinajstić information content (AvgIpc) is 2.68. The fourth-order valence-electron chi connectivity index (χ4n) is 3.00. The lowest BCUT2D eigenvalue weighted by molar-refractivity contribution is 0.0600. The minimum absolute atomic E-state index is 0.100. The maximum atomic E-state index is 13.3. The molecule has 0 saturated heterocycles. The molecule has 0 radical (unpaired) electrons. The minimum Gasteiger partial charge on any atom is -0.465 e. The molecule has 0 aliphatic carbocycles. The van der Waals surface area contributed by atoms with Crippen LogP contribution in [0.25, 0.3) is 0 Å². The maximum Gasteiger partial charge on any atom is 0.337 e. The van der Waals surface area contributed by atoms with Gasteiger partial charge in [0.1, 0.15) is 0 Å². The number of benzene rings is 2. The Morgan fingerprint density at radius 3 is 2.04 bits per heavy atom. The van der Waals surface area contributed by atoms with Crippen molar-refractivity contribution in [2.45, 2.75) is 51.1 Å². The third-order valence-corrected chi connectivity index (χ3v) is 6.60. The molecule has 0 amide bonds. The van der Waals surface area contributed by atoms with E-state index < -0.39 is 16.0 Å². The van der Waals surface area contributed by atoms with Gasteiger partial charge in [-0.1, -0.05) is 43.7 Å². The van der Waals surface area contributed by atoms with Gasteiger partial charge in [-0.3, -0.25) is 0 Å². The summed E-state index contributed by atoms with van der Waals surface area (Å²) in [5, 5.41) is 0. The Balaban J connectivity index is 2.37. The number of hydrogen-bond acceptors (Lipinski definition) is 4. The summed E-state index contributed by atoms with van der Waals surface area (Å²) in [5.74, 6) is -0.411. The SMILES string of the molecule is CCC(CC)N(Cc1ccc(C(=O)OC)cc1)S(=O)(=O)c1ccc(C)cc1. The van der Waals surface area contributed by atoms with Crippen LogP contribution in [0.4, 0.5) is 0 Å². The number of esters is 1. The van der Waals surface area contributed by atoms with Gasteiger partial charge in [0.15, 0.2) is 0 Å². The summed E-state index contributed by atoms with van der Waals surface area (Å²) in [7, 11) is -2.30. The summed E-state index contributed by atoms with van der Waals surface area (Å²) < 4.78 is 32.8. The Bertz CT molecular complexity index is 854. The number of sulfonamides is 1. The molecule has 0 fully saturated rings. The molecule has 0 atom stereocenters. The highest BCUT2D eigenvalue weighted by Crippen LogP contribution is 2.24. The normalized spacial score (nSPS) is 11.8. The van der Waals surface area contributed by atoms with Crippen molar-refractivity contribution in [3.05, 3.63) is 65.2 Å². The summed E-state index contributed by atoms with van der Waals surface area (Å²) in [6, 6.07) is 13.7. The summed E-state index contributed by atoms with van der Waals surface area (Å²) in [6.07, 6.45) is 1.45. The molecule has 0 heterocycles. The Morgan fingerprint density at radius 2 is 1.56 bits per heavy atom. The van der Waals surface area contributed by atoms with Gasteiger partial charge < -0.3 is 4.74 Å². The van der Waals surface area contributed by atoms with Gasteiger partial charge >= 0.3 is 5.97 Å². The van der Waals surface area contributed by atoms with E-state index in [4.69, 9.17) is 4.74 Å². The van der Waals surface area contributed by atoms with Gasteiger partial charge in [-0.05, 0) is 49.6 Å². The average molecular weight is 390 g/mol. The number of hydrogen-bond donors (Lipinski definition) is 0. The zero-order valence-electron chi connectivity index (χ0n) is 16.3. The van der Waals surface area contributed by atoms with Crippen LogP contribution in [0.5, 0.6) is 0 Å². The van der Waals surface area contributed by atoms with Gasteiger partial charge in [-0.2, -0.15) is 4.31 Å².